The van der Waals surface area contributed by atoms with Crippen LogP contribution in [0.25, 0.3) is 0 Å². The zero-order valence-electron chi connectivity index (χ0n) is 14.4. The molecule has 3 rings (SSSR count). The highest BCUT2D eigenvalue weighted by atomic mass is 127. The number of benzene rings is 1. The first kappa shape index (κ1) is 20.4. The minimum atomic E-state index is -3.39. The van der Waals surface area contributed by atoms with Crippen molar-refractivity contribution >= 4 is 40.0 Å². The van der Waals surface area contributed by atoms with Crippen molar-refractivity contribution in [3.63, 3.8) is 0 Å². The predicted molar refractivity (Wildman–Crippen MR) is 108 cm³/mol. The highest BCUT2D eigenvalue weighted by Crippen LogP contribution is 2.34. The van der Waals surface area contributed by atoms with E-state index < -0.39 is 10.0 Å². The molecule has 1 aromatic carbocycles. The molecular weight excluding hydrogens is 455 g/mol. The second-order valence-corrected chi connectivity index (χ2v) is 8.02. The first-order valence-electron chi connectivity index (χ1n) is 8.17. The molecule has 0 spiro atoms. The molecule has 0 radical (unpaired) electrons. The summed E-state index contributed by atoms with van der Waals surface area (Å²) in [5.41, 5.74) is 0.984. The highest BCUT2D eigenvalue weighted by Gasteiger charge is 2.41. The van der Waals surface area contributed by atoms with Gasteiger partial charge in [0, 0.05) is 13.6 Å². The maximum atomic E-state index is 11.7. The van der Waals surface area contributed by atoms with Crippen molar-refractivity contribution in [2.75, 3.05) is 14.1 Å². The van der Waals surface area contributed by atoms with E-state index in [2.05, 4.69) is 20.3 Å². The molecule has 7 nitrogen and oxygen atoms in total. The van der Waals surface area contributed by atoms with Gasteiger partial charge in [0.05, 0.1) is 23.1 Å². The van der Waals surface area contributed by atoms with Crippen molar-refractivity contribution in [3.8, 4) is 0 Å². The van der Waals surface area contributed by atoms with Gasteiger partial charge in [0.15, 0.2) is 5.96 Å². The average molecular weight is 480 g/mol. The number of rotatable bonds is 5. The molecule has 9 heteroatoms. The fourth-order valence-corrected chi connectivity index (χ4v) is 3.98. The van der Waals surface area contributed by atoms with Gasteiger partial charge in [-0.05, 0) is 44.0 Å². The van der Waals surface area contributed by atoms with Crippen LogP contribution in [0.5, 0.6) is 0 Å². The lowest BCUT2D eigenvalue weighted by atomic mass is 9.96. The van der Waals surface area contributed by atoms with Gasteiger partial charge >= 0.3 is 0 Å². The van der Waals surface area contributed by atoms with Gasteiger partial charge in [-0.15, -0.1) is 24.0 Å². The summed E-state index contributed by atoms with van der Waals surface area (Å²) in [7, 11) is -0.247. The van der Waals surface area contributed by atoms with Gasteiger partial charge in [0.1, 0.15) is 0 Å². The Bertz CT molecular complexity index is 709. The average Bonchev–Trinajstić information content (AvgIpc) is 3.21. The van der Waals surface area contributed by atoms with E-state index in [-0.39, 0.29) is 28.9 Å². The number of hydrogen-bond donors (Lipinski definition) is 3. The van der Waals surface area contributed by atoms with Gasteiger partial charge in [-0.25, -0.2) is 13.1 Å². The number of nitrogens with one attached hydrogen (secondary N) is 3. The molecule has 1 aromatic rings. The molecular formula is C16H25IN4O3S. The molecule has 25 heavy (non-hydrogen) atoms. The van der Waals surface area contributed by atoms with Crippen LogP contribution in [0, 0.1) is 0 Å². The summed E-state index contributed by atoms with van der Waals surface area (Å²) in [6.07, 6.45) is 3.99. The number of hydrogen-bond acceptors (Lipinski definition) is 4. The molecule has 0 aliphatic carbocycles. The summed E-state index contributed by atoms with van der Waals surface area (Å²) in [5, 5.41) is 6.68. The number of ether oxygens (including phenoxy) is 1. The van der Waals surface area contributed by atoms with Gasteiger partial charge < -0.3 is 15.4 Å². The number of aliphatic imine (C=N–C) groups is 1. The van der Waals surface area contributed by atoms with Crippen LogP contribution in [0.1, 0.15) is 24.8 Å². The van der Waals surface area contributed by atoms with E-state index in [9.17, 15) is 8.42 Å². The van der Waals surface area contributed by atoms with Gasteiger partial charge in [-0.2, -0.15) is 0 Å². The maximum absolute atomic E-state index is 11.7. The number of halogens is 1. The zero-order valence-corrected chi connectivity index (χ0v) is 17.5. The van der Waals surface area contributed by atoms with Crippen LogP contribution in [0.4, 0.5) is 0 Å². The molecule has 3 atom stereocenters. The van der Waals surface area contributed by atoms with Crippen molar-refractivity contribution in [3.05, 3.63) is 29.8 Å². The Labute approximate surface area is 166 Å². The second-order valence-electron chi connectivity index (χ2n) is 6.14. The van der Waals surface area contributed by atoms with Crippen molar-refractivity contribution in [1.29, 1.82) is 0 Å². The molecule has 0 amide bonds. The highest BCUT2D eigenvalue weighted by molar-refractivity contribution is 14.0. The predicted octanol–water partition coefficient (Wildman–Crippen LogP) is 1.20. The van der Waals surface area contributed by atoms with E-state index in [0.717, 1.165) is 30.8 Å². The van der Waals surface area contributed by atoms with Crippen LogP contribution in [0.15, 0.2) is 34.2 Å². The van der Waals surface area contributed by atoms with Crippen molar-refractivity contribution < 1.29 is 13.2 Å². The first-order valence-corrected chi connectivity index (χ1v) is 9.65. The fourth-order valence-electron chi connectivity index (χ4n) is 3.25. The maximum Gasteiger partial charge on any atom is 0.240 e. The summed E-state index contributed by atoms with van der Waals surface area (Å²) < 4.78 is 31.6. The van der Waals surface area contributed by atoms with Crippen LogP contribution in [0.2, 0.25) is 0 Å². The molecule has 2 aliphatic heterocycles. The van der Waals surface area contributed by atoms with Crippen LogP contribution in [-0.4, -0.2) is 46.7 Å². The van der Waals surface area contributed by atoms with Crippen molar-refractivity contribution in [2.24, 2.45) is 4.99 Å². The van der Waals surface area contributed by atoms with E-state index in [1.165, 1.54) is 7.05 Å². The molecule has 3 N–H and O–H groups in total. The number of guanidine groups is 1. The smallest absolute Gasteiger partial charge is 0.240 e. The monoisotopic (exact) mass is 480 g/mol. The van der Waals surface area contributed by atoms with Gasteiger partial charge in [0.25, 0.3) is 0 Å². The van der Waals surface area contributed by atoms with E-state index in [1.807, 2.05) is 0 Å². The number of nitrogens with zero attached hydrogens (tertiary/aromatic N) is 1. The summed E-state index contributed by atoms with van der Waals surface area (Å²) in [6.45, 7) is 0.571. The van der Waals surface area contributed by atoms with Gasteiger partial charge in [0.2, 0.25) is 10.0 Å². The standard InChI is InChI=1S/C16H24N4O3S.HI/c1-17-16(20-14-9-12-5-8-15(14)23-12)19-10-11-3-6-13(7-4-11)24(21,22)18-2;/h3-4,6-7,12,14-15,18H,5,8-10H2,1-2H3,(H2,17,19,20);1H. The van der Waals surface area contributed by atoms with Crippen LogP contribution < -0.4 is 15.4 Å². The lowest BCUT2D eigenvalue weighted by Gasteiger charge is -2.22. The first-order chi connectivity index (χ1) is 11.5. The molecule has 0 saturated carbocycles. The molecule has 3 unspecified atom stereocenters. The number of sulfonamides is 1. The van der Waals surface area contributed by atoms with E-state index in [4.69, 9.17) is 4.74 Å². The molecule has 140 valence electrons. The van der Waals surface area contributed by atoms with E-state index >= 15 is 0 Å². The summed E-state index contributed by atoms with van der Waals surface area (Å²) in [5.74, 6) is 0.739. The summed E-state index contributed by atoms with van der Waals surface area (Å²) in [4.78, 5) is 4.51. The van der Waals surface area contributed by atoms with Crippen LogP contribution in [-0.2, 0) is 21.3 Å². The van der Waals surface area contributed by atoms with Crippen LogP contribution >= 0.6 is 24.0 Å². The quantitative estimate of drug-likeness (QED) is 0.335. The molecule has 2 aliphatic rings. The third kappa shape index (κ3) is 4.83. The van der Waals surface area contributed by atoms with E-state index in [1.54, 1.807) is 31.3 Å². The minimum absolute atomic E-state index is 0. The van der Waals surface area contributed by atoms with Crippen LogP contribution in [0.3, 0.4) is 0 Å². The Kier molecular flexibility index (Phi) is 7.06. The van der Waals surface area contributed by atoms with Gasteiger partial charge in [-0.1, -0.05) is 12.1 Å². The Hall–Kier alpha value is -0.910. The Morgan fingerprint density at radius 3 is 2.52 bits per heavy atom. The summed E-state index contributed by atoms with van der Waals surface area (Å²) >= 11 is 0. The zero-order chi connectivity index (χ0) is 17.2. The third-order valence-electron chi connectivity index (χ3n) is 4.61. The SMILES string of the molecule is CN=C(NCc1ccc(S(=O)(=O)NC)cc1)NC1CC2CCC1O2.I. The Morgan fingerprint density at radius 1 is 1.28 bits per heavy atom. The number of fused-ring (bicyclic) bond motifs is 2. The lowest BCUT2D eigenvalue weighted by Crippen LogP contribution is -2.47. The summed E-state index contributed by atoms with van der Waals surface area (Å²) in [6, 6.07) is 7.11. The third-order valence-corrected chi connectivity index (χ3v) is 6.04. The lowest BCUT2D eigenvalue weighted by molar-refractivity contribution is 0.0992. The van der Waals surface area contributed by atoms with Crippen molar-refractivity contribution in [1.82, 2.24) is 15.4 Å². The second kappa shape index (κ2) is 8.65. The molecule has 2 heterocycles. The largest absolute Gasteiger partial charge is 0.373 e. The Balaban J connectivity index is 0.00000225. The normalized spacial score (nSPS) is 25.5. The molecule has 2 saturated heterocycles. The molecule has 2 bridgehead atoms. The van der Waals surface area contributed by atoms with Crippen molar-refractivity contribution in [2.45, 2.75) is 49.0 Å². The molecule has 0 aromatic heterocycles. The minimum Gasteiger partial charge on any atom is -0.373 e. The fraction of sp³-hybridized carbons (Fsp3) is 0.562. The Morgan fingerprint density at radius 2 is 2.00 bits per heavy atom. The topological polar surface area (TPSA) is 91.8 Å². The molecule has 2 fully saturated rings. The van der Waals surface area contributed by atoms with E-state index in [0.29, 0.717) is 24.8 Å². The van der Waals surface area contributed by atoms with Gasteiger partial charge in [-0.3, -0.25) is 4.99 Å².